The molecule has 14 heteroatoms. The van der Waals surface area contributed by atoms with E-state index in [1.54, 1.807) is 36.2 Å². The number of benzene rings is 1. The van der Waals surface area contributed by atoms with Crippen molar-refractivity contribution in [2.45, 2.75) is 25.6 Å². The Balaban J connectivity index is 1.65. The summed E-state index contributed by atoms with van der Waals surface area (Å²) < 4.78 is 39.8. The number of aliphatic hydroxyl groups is 1. The topological polar surface area (TPSA) is 159 Å². The minimum atomic E-state index is -4.41. The first-order valence-corrected chi connectivity index (χ1v) is 13.1. The van der Waals surface area contributed by atoms with Crippen LogP contribution in [0.1, 0.15) is 23.0 Å². The lowest BCUT2D eigenvalue weighted by Gasteiger charge is -2.30. The fourth-order valence-electron chi connectivity index (χ4n) is 4.14. The highest BCUT2D eigenvalue weighted by Gasteiger charge is 2.49. The van der Waals surface area contributed by atoms with Crippen molar-refractivity contribution in [3.8, 4) is 11.3 Å². The highest BCUT2D eigenvalue weighted by atomic mass is 32.1. The average molecular weight is 588 g/mol. The van der Waals surface area contributed by atoms with Gasteiger partial charge in [-0.2, -0.15) is 13.2 Å². The average Bonchev–Trinajstić information content (AvgIpc) is 3.26. The molecule has 0 aliphatic heterocycles. The summed E-state index contributed by atoms with van der Waals surface area (Å²) in [6.07, 6.45) is 0.381. The number of urea groups is 1. The van der Waals surface area contributed by atoms with E-state index in [0.717, 1.165) is 24.3 Å². The number of fused-ring (bicyclic) bond motifs is 1. The van der Waals surface area contributed by atoms with Gasteiger partial charge in [-0.15, -0.1) is 17.9 Å². The lowest BCUT2D eigenvalue weighted by molar-refractivity contribution is -0.199. The Morgan fingerprint density at radius 1 is 1.32 bits per heavy atom. The van der Waals surface area contributed by atoms with E-state index in [4.69, 9.17) is 11.5 Å². The third kappa shape index (κ3) is 5.88. The van der Waals surface area contributed by atoms with Crippen LogP contribution in [0.3, 0.4) is 0 Å². The molecule has 10 nitrogen and oxygen atoms in total. The predicted molar refractivity (Wildman–Crippen MR) is 153 cm³/mol. The van der Waals surface area contributed by atoms with Crippen LogP contribution in [0.2, 0.25) is 0 Å². The summed E-state index contributed by atoms with van der Waals surface area (Å²) in [6.45, 7) is 4.56. The van der Waals surface area contributed by atoms with Crippen LogP contribution in [0.15, 0.2) is 60.8 Å². The van der Waals surface area contributed by atoms with Gasteiger partial charge in [0.25, 0.3) is 5.91 Å². The molecule has 2 heterocycles. The van der Waals surface area contributed by atoms with Crippen LogP contribution in [0, 0.1) is 5.41 Å². The minimum Gasteiger partial charge on any atom is -0.397 e. The molecule has 3 amide bonds. The first kappa shape index (κ1) is 29.6. The third-order valence-corrected chi connectivity index (χ3v) is 7.86. The van der Waals surface area contributed by atoms with Crippen molar-refractivity contribution in [1.82, 2.24) is 15.3 Å². The van der Waals surface area contributed by atoms with E-state index in [9.17, 15) is 27.9 Å². The van der Waals surface area contributed by atoms with E-state index >= 15 is 0 Å². The molecule has 0 saturated carbocycles. The fourth-order valence-corrected chi connectivity index (χ4v) is 5.08. The largest absolute Gasteiger partial charge is 0.397 e. The number of likely N-dealkylation sites (N-methyl/N-ethyl adjacent to an activating group) is 1. The second-order valence-corrected chi connectivity index (χ2v) is 10.6. The van der Waals surface area contributed by atoms with E-state index in [1.165, 1.54) is 18.2 Å². The predicted octanol–water partition coefficient (Wildman–Crippen LogP) is 4.56. The number of rotatable bonds is 8. The van der Waals surface area contributed by atoms with Gasteiger partial charge in [0.05, 0.1) is 34.8 Å². The third-order valence-electron chi connectivity index (χ3n) is 6.75. The Morgan fingerprint density at radius 2 is 2.05 bits per heavy atom. The molecule has 0 saturated heterocycles. The van der Waals surface area contributed by atoms with Gasteiger partial charge >= 0.3 is 12.2 Å². The Morgan fingerprint density at radius 3 is 2.63 bits per heavy atom. The van der Waals surface area contributed by atoms with Crippen LogP contribution < -0.4 is 27.0 Å². The molecule has 1 unspecified atom stereocenters. The Hall–Kier alpha value is -4.43. The monoisotopic (exact) mass is 587 g/mol. The van der Waals surface area contributed by atoms with Crippen molar-refractivity contribution in [2.24, 2.45) is 11.1 Å². The number of nitrogen functional groups attached to an aromatic ring is 1. The maximum absolute atomic E-state index is 13.3. The molecule has 3 aromatic rings. The quantitative estimate of drug-likeness (QED) is 0.242. The first-order chi connectivity index (χ1) is 19.3. The molecule has 4 rings (SSSR count). The van der Waals surface area contributed by atoms with Gasteiger partial charge < -0.3 is 32.1 Å². The summed E-state index contributed by atoms with van der Waals surface area (Å²) in [5.41, 5.74) is 11.4. The lowest BCUT2D eigenvalue weighted by Crippen LogP contribution is -2.35. The molecular weight excluding hydrogens is 559 g/mol. The van der Waals surface area contributed by atoms with Crippen LogP contribution >= 0.6 is 11.3 Å². The molecule has 1 aromatic carbocycles. The summed E-state index contributed by atoms with van der Waals surface area (Å²) in [5, 5.41) is 15.3. The van der Waals surface area contributed by atoms with Gasteiger partial charge in [-0.1, -0.05) is 30.4 Å². The molecular formula is C27H28F3N7O3S. The summed E-state index contributed by atoms with van der Waals surface area (Å²) in [5.74, 6) is -0.499. The van der Waals surface area contributed by atoms with Crippen LogP contribution in [-0.4, -0.2) is 52.9 Å². The Bertz CT molecular complexity index is 1580. The van der Waals surface area contributed by atoms with Crippen LogP contribution in [0.25, 0.3) is 21.5 Å². The second-order valence-electron chi connectivity index (χ2n) is 9.63. The van der Waals surface area contributed by atoms with E-state index in [1.807, 2.05) is 0 Å². The molecule has 7 N–H and O–H groups in total. The number of hydrogen-bond donors (Lipinski definition) is 5. The maximum Gasteiger partial charge on any atom is 0.397 e. The normalized spacial score (nSPS) is 17.6. The highest BCUT2D eigenvalue weighted by Crippen LogP contribution is 2.44. The summed E-state index contributed by atoms with van der Waals surface area (Å²) in [6, 6.07) is 5.46. The molecule has 0 fully saturated rings. The summed E-state index contributed by atoms with van der Waals surface area (Å²) in [7, 11) is 1.67. The molecule has 0 spiro atoms. The van der Waals surface area contributed by atoms with Crippen molar-refractivity contribution in [3.05, 3.63) is 65.7 Å². The number of alkyl halides is 3. The lowest BCUT2D eigenvalue weighted by atomic mass is 9.82. The first-order valence-electron chi connectivity index (χ1n) is 12.3. The van der Waals surface area contributed by atoms with Gasteiger partial charge in [-0.05, 0) is 31.6 Å². The number of allylic oxidation sites excluding steroid dienone is 3. The smallest absolute Gasteiger partial charge is 0.397 e. The molecule has 2 aromatic heterocycles. The minimum absolute atomic E-state index is 0.113. The summed E-state index contributed by atoms with van der Waals surface area (Å²) in [4.78, 5) is 36.0. The molecule has 1 aliphatic rings. The highest BCUT2D eigenvalue weighted by molar-refractivity contribution is 7.21. The molecule has 41 heavy (non-hydrogen) atoms. The number of nitrogens with zero attached hydrogens (tertiary/aromatic N) is 3. The number of nitrogens with one attached hydrogen (secondary N) is 2. The van der Waals surface area contributed by atoms with Crippen molar-refractivity contribution >= 4 is 50.8 Å². The van der Waals surface area contributed by atoms with E-state index < -0.39 is 29.6 Å². The van der Waals surface area contributed by atoms with Crippen LogP contribution in [-0.2, 0) is 0 Å². The van der Waals surface area contributed by atoms with E-state index in [-0.39, 0.29) is 35.2 Å². The number of halogens is 3. The Labute approximate surface area is 237 Å². The van der Waals surface area contributed by atoms with Crippen molar-refractivity contribution in [1.29, 1.82) is 0 Å². The van der Waals surface area contributed by atoms with E-state index in [2.05, 4.69) is 27.2 Å². The number of carbonyl (C=O) groups is 2. The standard InChI is InChI=1S/C27H28F3N7O3S/c1-4-17(13-38)37(3)24-35-20(18-19(31)21(22(32)39)41-23(18)36-24)14-6-5-7-16(12-14)34-25(40)33-15-8-10-26(2,11-9-15)27(28,29)30/h4-10,12,17,38H,1,11,13,31H2,2-3H3,(H2,32,39)(H2,33,34,40)/t17-,26?/m0/s1. The number of carbonyl (C=O) groups excluding carboxylic acids is 2. The van der Waals surface area contributed by atoms with Crippen molar-refractivity contribution in [3.63, 3.8) is 0 Å². The van der Waals surface area contributed by atoms with Crippen molar-refractivity contribution in [2.75, 3.05) is 29.6 Å². The number of primary amides is 1. The van der Waals surface area contributed by atoms with Gasteiger partial charge in [0.1, 0.15) is 9.71 Å². The number of aromatic nitrogens is 2. The Kier molecular flexibility index (Phi) is 8.08. The zero-order valence-electron chi connectivity index (χ0n) is 22.1. The zero-order chi connectivity index (χ0) is 30.1. The van der Waals surface area contributed by atoms with Crippen LogP contribution in [0.4, 0.5) is 35.3 Å². The maximum atomic E-state index is 13.3. The van der Waals surface area contributed by atoms with Gasteiger partial charge in [0, 0.05) is 24.0 Å². The SMILES string of the molecule is C=C[C@@H](CO)N(C)c1nc(-c2cccc(NC(=O)NC3=CCC(C)(C(F)(F)F)C=C3)c2)c2c(N)c(C(N)=O)sc2n1. The van der Waals surface area contributed by atoms with Gasteiger partial charge in [0.15, 0.2) is 0 Å². The molecule has 2 atom stereocenters. The number of amides is 3. The van der Waals surface area contributed by atoms with Crippen molar-refractivity contribution < 1.29 is 27.9 Å². The second kappa shape index (κ2) is 11.2. The van der Waals surface area contributed by atoms with Gasteiger partial charge in [-0.3, -0.25) is 4.79 Å². The van der Waals surface area contributed by atoms with E-state index in [0.29, 0.717) is 27.2 Å². The molecule has 1 aliphatic carbocycles. The zero-order valence-corrected chi connectivity index (χ0v) is 22.9. The fraction of sp³-hybridized carbons (Fsp3) is 0.259. The molecule has 0 bridgehead atoms. The van der Waals surface area contributed by atoms with Gasteiger partial charge in [-0.25, -0.2) is 14.8 Å². The molecule has 216 valence electrons. The number of nitrogens with two attached hydrogens (primary N) is 2. The number of aliphatic hydroxyl groups excluding tert-OH is 1. The van der Waals surface area contributed by atoms with Crippen LogP contribution in [0.5, 0.6) is 0 Å². The molecule has 0 radical (unpaired) electrons. The number of anilines is 3. The number of hydrogen-bond acceptors (Lipinski definition) is 8. The van der Waals surface area contributed by atoms with Gasteiger partial charge in [0.2, 0.25) is 5.95 Å². The number of thiophene rings is 1. The summed E-state index contributed by atoms with van der Waals surface area (Å²) >= 11 is 1.01.